The summed E-state index contributed by atoms with van der Waals surface area (Å²) < 4.78 is 5.73. The number of nitrogens with zero attached hydrogens (tertiary/aromatic N) is 3. The van der Waals surface area contributed by atoms with Gasteiger partial charge in [0, 0.05) is 19.8 Å². The van der Waals surface area contributed by atoms with Crippen molar-refractivity contribution < 1.29 is 4.74 Å². The van der Waals surface area contributed by atoms with Gasteiger partial charge in [-0.1, -0.05) is 26.2 Å². The molecule has 0 aliphatic rings. The molecule has 2 rings (SSSR count). The maximum atomic E-state index is 5.73. The molecule has 0 fully saturated rings. The van der Waals surface area contributed by atoms with Crippen molar-refractivity contribution in [3.8, 4) is 5.75 Å². The van der Waals surface area contributed by atoms with Crippen molar-refractivity contribution in [3.05, 3.63) is 48.5 Å². The Kier molecular flexibility index (Phi) is 7.27. The van der Waals surface area contributed by atoms with Crippen LogP contribution in [-0.4, -0.2) is 20.7 Å². The zero-order chi connectivity index (χ0) is 17.2. The van der Waals surface area contributed by atoms with E-state index in [0.717, 1.165) is 35.8 Å². The molecule has 0 radical (unpaired) electrons. The molecule has 2 aromatic carbocycles. The Balaban J connectivity index is 1.84. The van der Waals surface area contributed by atoms with Crippen molar-refractivity contribution in [1.82, 2.24) is 0 Å². The van der Waals surface area contributed by atoms with Crippen LogP contribution in [0.5, 0.6) is 5.75 Å². The molecule has 4 heteroatoms. The van der Waals surface area contributed by atoms with Gasteiger partial charge >= 0.3 is 0 Å². The number of ether oxygens (including phenoxy) is 1. The van der Waals surface area contributed by atoms with Crippen LogP contribution in [0.2, 0.25) is 0 Å². The molecule has 0 saturated carbocycles. The summed E-state index contributed by atoms with van der Waals surface area (Å²) in [6.45, 7) is 2.99. The minimum absolute atomic E-state index is 0.777. The monoisotopic (exact) mass is 325 g/mol. The largest absolute Gasteiger partial charge is 0.494 e. The van der Waals surface area contributed by atoms with Gasteiger partial charge in [0.25, 0.3) is 0 Å². The topological polar surface area (TPSA) is 37.2 Å². The maximum absolute atomic E-state index is 5.73. The smallest absolute Gasteiger partial charge is 0.119 e. The van der Waals surface area contributed by atoms with E-state index in [9.17, 15) is 0 Å². The average Bonchev–Trinajstić information content (AvgIpc) is 2.61. The Morgan fingerprint density at radius 2 is 1.38 bits per heavy atom. The average molecular weight is 325 g/mol. The van der Waals surface area contributed by atoms with Gasteiger partial charge < -0.3 is 9.64 Å². The van der Waals surface area contributed by atoms with E-state index >= 15 is 0 Å². The van der Waals surface area contributed by atoms with Gasteiger partial charge in [-0.05, 0) is 55.0 Å². The van der Waals surface area contributed by atoms with Crippen molar-refractivity contribution in [1.29, 1.82) is 0 Å². The highest BCUT2D eigenvalue weighted by Crippen LogP contribution is 2.23. The van der Waals surface area contributed by atoms with Crippen molar-refractivity contribution in [2.45, 2.75) is 32.6 Å². The minimum atomic E-state index is 0.777. The summed E-state index contributed by atoms with van der Waals surface area (Å²) in [6.07, 6.45) is 4.86. The Labute approximate surface area is 145 Å². The highest BCUT2D eigenvalue weighted by atomic mass is 16.5. The van der Waals surface area contributed by atoms with Crippen molar-refractivity contribution in [3.63, 3.8) is 0 Å². The third-order valence-electron chi connectivity index (χ3n) is 3.75. The van der Waals surface area contributed by atoms with Gasteiger partial charge in [-0.25, -0.2) is 0 Å². The van der Waals surface area contributed by atoms with Gasteiger partial charge in [-0.15, -0.1) is 0 Å². The SMILES string of the molecule is CCCCCCOc1ccc(N=Nc2ccc(N(C)C)cc2)cc1. The molecule has 24 heavy (non-hydrogen) atoms. The fourth-order valence-electron chi connectivity index (χ4n) is 2.26. The number of hydrogen-bond donors (Lipinski definition) is 0. The molecule has 128 valence electrons. The summed E-state index contributed by atoms with van der Waals surface area (Å²) in [5.41, 5.74) is 2.82. The molecule has 0 heterocycles. The van der Waals surface area contributed by atoms with Gasteiger partial charge in [0.05, 0.1) is 18.0 Å². The van der Waals surface area contributed by atoms with Crippen LogP contribution in [0.25, 0.3) is 0 Å². The predicted octanol–water partition coefficient (Wildman–Crippen LogP) is 6.13. The van der Waals surface area contributed by atoms with Gasteiger partial charge in [0.1, 0.15) is 5.75 Å². The van der Waals surface area contributed by atoms with Gasteiger partial charge in [-0.2, -0.15) is 10.2 Å². The molecule has 0 aromatic heterocycles. The summed E-state index contributed by atoms with van der Waals surface area (Å²) in [4.78, 5) is 2.06. The molecular weight excluding hydrogens is 298 g/mol. The first-order valence-corrected chi connectivity index (χ1v) is 8.61. The zero-order valence-electron chi connectivity index (χ0n) is 14.9. The van der Waals surface area contributed by atoms with Gasteiger partial charge in [-0.3, -0.25) is 0 Å². The summed E-state index contributed by atoms with van der Waals surface area (Å²) >= 11 is 0. The number of hydrogen-bond acceptors (Lipinski definition) is 4. The van der Waals surface area contributed by atoms with Crippen LogP contribution in [0, 0.1) is 0 Å². The third-order valence-corrected chi connectivity index (χ3v) is 3.75. The summed E-state index contributed by atoms with van der Waals surface area (Å²) in [7, 11) is 4.04. The molecule has 0 bridgehead atoms. The molecule has 2 aromatic rings. The second-order valence-electron chi connectivity index (χ2n) is 6.01. The van der Waals surface area contributed by atoms with Crippen LogP contribution < -0.4 is 9.64 Å². The molecule has 0 aliphatic heterocycles. The van der Waals surface area contributed by atoms with Crippen molar-refractivity contribution in [2.24, 2.45) is 10.2 Å². The standard InChI is InChI=1S/C20H27N3O/c1-4-5-6-7-16-24-20-14-10-18(11-15-20)22-21-17-8-12-19(13-9-17)23(2)3/h8-15H,4-7,16H2,1-3H3. The zero-order valence-corrected chi connectivity index (χ0v) is 14.9. The third kappa shape index (κ3) is 6.03. The lowest BCUT2D eigenvalue weighted by Crippen LogP contribution is -2.07. The lowest BCUT2D eigenvalue weighted by atomic mass is 10.2. The van der Waals surface area contributed by atoms with Crippen LogP contribution in [0.15, 0.2) is 58.8 Å². The molecular formula is C20H27N3O. The molecule has 0 unspecified atom stereocenters. The van der Waals surface area contributed by atoms with E-state index in [2.05, 4.69) is 22.1 Å². The quantitative estimate of drug-likeness (QED) is 0.411. The Bertz CT molecular complexity index is 618. The first kappa shape index (κ1) is 18.0. The van der Waals surface area contributed by atoms with Crippen LogP contribution in [-0.2, 0) is 0 Å². The van der Waals surface area contributed by atoms with Crippen molar-refractivity contribution in [2.75, 3.05) is 25.6 Å². The number of anilines is 1. The van der Waals surface area contributed by atoms with E-state index in [1.165, 1.54) is 19.3 Å². The fourth-order valence-corrected chi connectivity index (χ4v) is 2.26. The molecule has 0 amide bonds. The highest BCUT2D eigenvalue weighted by Gasteiger charge is 1.97. The minimum Gasteiger partial charge on any atom is -0.494 e. The van der Waals surface area contributed by atoms with E-state index in [4.69, 9.17) is 4.74 Å². The first-order valence-electron chi connectivity index (χ1n) is 8.61. The van der Waals surface area contributed by atoms with E-state index in [-0.39, 0.29) is 0 Å². The van der Waals surface area contributed by atoms with Crippen molar-refractivity contribution >= 4 is 17.1 Å². The second-order valence-corrected chi connectivity index (χ2v) is 6.01. The highest BCUT2D eigenvalue weighted by molar-refractivity contribution is 5.52. The number of rotatable bonds is 9. The molecule has 0 spiro atoms. The summed E-state index contributed by atoms with van der Waals surface area (Å²) in [5.74, 6) is 0.890. The van der Waals surface area contributed by atoms with Crippen LogP contribution >= 0.6 is 0 Å². The lowest BCUT2D eigenvalue weighted by molar-refractivity contribution is 0.305. The van der Waals surface area contributed by atoms with Crippen LogP contribution in [0.4, 0.5) is 17.1 Å². The molecule has 0 atom stereocenters. The summed E-state index contributed by atoms with van der Waals surface area (Å²) in [6, 6.07) is 15.7. The number of azo groups is 1. The van der Waals surface area contributed by atoms with E-state index in [1.54, 1.807) is 0 Å². The predicted molar refractivity (Wildman–Crippen MR) is 101 cm³/mol. The molecule has 0 N–H and O–H groups in total. The Hall–Kier alpha value is -2.36. The van der Waals surface area contributed by atoms with E-state index in [0.29, 0.717) is 0 Å². The second kappa shape index (κ2) is 9.71. The van der Waals surface area contributed by atoms with Gasteiger partial charge in [0.2, 0.25) is 0 Å². The summed E-state index contributed by atoms with van der Waals surface area (Å²) in [5, 5.41) is 8.54. The van der Waals surface area contributed by atoms with Gasteiger partial charge in [0.15, 0.2) is 0 Å². The van der Waals surface area contributed by atoms with Crippen LogP contribution in [0.3, 0.4) is 0 Å². The molecule has 0 saturated heterocycles. The normalized spacial score (nSPS) is 11.0. The first-order chi connectivity index (χ1) is 11.7. The number of unbranched alkanes of at least 4 members (excludes halogenated alkanes) is 3. The lowest BCUT2D eigenvalue weighted by Gasteiger charge is -2.11. The van der Waals surface area contributed by atoms with E-state index < -0.39 is 0 Å². The number of benzene rings is 2. The maximum Gasteiger partial charge on any atom is 0.119 e. The molecule has 4 nitrogen and oxygen atoms in total. The van der Waals surface area contributed by atoms with E-state index in [1.807, 2.05) is 62.6 Å². The van der Waals surface area contributed by atoms with Crippen LogP contribution in [0.1, 0.15) is 32.6 Å². The Morgan fingerprint density at radius 1 is 0.792 bits per heavy atom. The fraction of sp³-hybridized carbons (Fsp3) is 0.400. The Morgan fingerprint density at radius 3 is 1.92 bits per heavy atom. The molecule has 0 aliphatic carbocycles.